The zero-order valence-electron chi connectivity index (χ0n) is 17.8. The lowest BCUT2D eigenvalue weighted by molar-refractivity contribution is -0.137. The van der Waals surface area contributed by atoms with Gasteiger partial charge in [-0.25, -0.2) is 14.2 Å². The van der Waals surface area contributed by atoms with Gasteiger partial charge in [0.05, 0.1) is 35.0 Å². The van der Waals surface area contributed by atoms with E-state index in [0.717, 1.165) is 16.7 Å². The van der Waals surface area contributed by atoms with E-state index in [0.29, 0.717) is 23.1 Å². The molecule has 3 aromatic rings. The molecule has 8 nitrogen and oxygen atoms in total. The highest BCUT2D eigenvalue weighted by atomic mass is 35.5. The normalized spacial score (nSPS) is 18.4. The Kier molecular flexibility index (Phi) is 5.29. The fourth-order valence-corrected chi connectivity index (χ4v) is 4.91. The Balaban J connectivity index is 1.46. The van der Waals surface area contributed by atoms with Crippen LogP contribution in [-0.4, -0.2) is 31.8 Å². The summed E-state index contributed by atoms with van der Waals surface area (Å²) in [6, 6.07) is 9.93. The Labute approximate surface area is 200 Å². The summed E-state index contributed by atoms with van der Waals surface area (Å²) < 4.78 is 47.7. The van der Waals surface area contributed by atoms with Gasteiger partial charge in [-0.3, -0.25) is 9.47 Å². The van der Waals surface area contributed by atoms with Gasteiger partial charge < -0.3 is 9.84 Å². The number of hydrogen-bond donors (Lipinski definition) is 1. The van der Waals surface area contributed by atoms with Crippen LogP contribution in [-0.2, 0) is 17.5 Å². The van der Waals surface area contributed by atoms with Gasteiger partial charge in [0.15, 0.2) is 0 Å². The number of fused-ring (bicyclic) bond motifs is 5. The van der Waals surface area contributed by atoms with Crippen LogP contribution >= 0.6 is 11.6 Å². The van der Waals surface area contributed by atoms with Gasteiger partial charge in [-0.1, -0.05) is 29.8 Å². The highest BCUT2D eigenvalue weighted by molar-refractivity contribution is 6.31. The molecule has 2 aliphatic rings. The topological polar surface area (TPSA) is 100 Å². The molecule has 1 aromatic heterocycles. The highest BCUT2D eigenvalue weighted by Crippen LogP contribution is 2.49. The molecule has 1 N–H and O–H groups in total. The number of rotatable bonds is 3. The molecule has 3 heterocycles. The molecule has 35 heavy (non-hydrogen) atoms. The number of alkyl halides is 3. The van der Waals surface area contributed by atoms with Crippen molar-refractivity contribution in [3.8, 4) is 17.6 Å². The first-order valence-electron chi connectivity index (χ1n) is 10.5. The summed E-state index contributed by atoms with van der Waals surface area (Å²) in [7, 11) is 0. The predicted molar refractivity (Wildman–Crippen MR) is 116 cm³/mol. The third-order valence-corrected chi connectivity index (χ3v) is 6.66. The van der Waals surface area contributed by atoms with E-state index >= 15 is 0 Å². The number of nitriles is 1. The molecular weight excluding hydrogens is 489 g/mol. The zero-order valence-corrected chi connectivity index (χ0v) is 18.5. The average molecular weight is 505 g/mol. The second-order valence-corrected chi connectivity index (χ2v) is 8.65. The number of nitrogens with zero attached hydrogens (tertiary/aromatic N) is 4. The van der Waals surface area contributed by atoms with Crippen molar-refractivity contribution in [3.63, 3.8) is 0 Å². The Bertz CT molecular complexity index is 1460. The molecule has 2 atom stereocenters. The van der Waals surface area contributed by atoms with Crippen LogP contribution < -0.4 is 5.69 Å². The molecule has 0 saturated carbocycles. The van der Waals surface area contributed by atoms with E-state index in [-0.39, 0.29) is 24.5 Å². The lowest BCUT2D eigenvalue weighted by Crippen LogP contribution is -2.38. The summed E-state index contributed by atoms with van der Waals surface area (Å²) in [6.07, 6.45) is -5.13. The van der Waals surface area contributed by atoms with Gasteiger partial charge in [0.1, 0.15) is 12.3 Å². The van der Waals surface area contributed by atoms with Crippen molar-refractivity contribution in [2.45, 2.75) is 31.3 Å². The minimum atomic E-state index is -4.83. The Morgan fingerprint density at radius 3 is 2.69 bits per heavy atom. The van der Waals surface area contributed by atoms with Gasteiger partial charge in [0.2, 0.25) is 5.88 Å². The smallest absolute Gasteiger partial charge is 0.417 e. The maximum Gasteiger partial charge on any atom is 0.417 e. The first-order valence-corrected chi connectivity index (χ1v) is 10.8. The second kappa shape index (κ2) is 8.09. The summed E-state index contributed by atoms with van der Waals surface area (Å²) in [5.74, 6) is -0.566. The highest BCUT2D eigenvalue weighted by Gasteiger charge is 2.50. The van der Waals surface area contributed by atoms with Crippen molar-refractivity contribution in [1.29, 1.82) is 5.26 Å². The number of aromatic hydroxyl groups is 1. The number of likely N-dealkylation sites (tertiary alicyclic amines) is 1. The van der Waals surface area contributed by atoms with E-state index in [4.69, 9.17) is 21.6 Å². The van der Waals surface area contributed by atoms with Crippen molar-refractivity contribution in [1.82, 2.24) is 14.0 Å². The lowest BCUT2D eigenvalue weighted by atomic mass is 10.1. The van der Waals surface area contributed by atoms with Crippen LogP contribution in [0.15, 0.2) is 47.3 Å². The van der Waals surface area contributed by atoms with E-state index in [1.807, 2.05) is 0 Å². The van der Waals surface area contributed by atoms with Gasteiger partial charge in [-0.15, -0.1) is 0 Å². The Hall–Kier alpha value is -3.91. The number of carbonyl (C=O) groups is 1. The van der Waals surface area contributed by atoms with Crippen LogP contribution in [0.2, 0.25) is 5.02 Å². The van der Waals surface area contributed by atoms with Gasteiger partial charge in [0, 0.05) is 17.1 Å². The first kappa shape index (κ1) is 22.9. The fourth-order valence-electron chi connectivity index (χ4n) is 4.72. The Morgan fingerprint density at radius 1 is 1.26 bits per heavy atom. The molecular formula is C23H16ClF3N4O4. The average Bonchev–Trinajstić information content (AvgIpc) is 3.48. The van der Waals surface area contributed by atoms with Crippen molar-refractivity contribution in [3.05, 3.63) is 80.4 Å². The van der Waals surface area contributed by atoms with Crippen molar-refractivity contribution in [2.24, 2.45) is 0 Å². The van der Waals surface area contributed by atoms with Crippen LogP contribution in [0, 0.1) is 11.3 Å². The lowest BCUT2D eigenvalue weighted by Gasteiger charge is -2.27. The second-order valence-electron chi connectivity index (χ2n) is 8.24. The van der Waals surface area contributed by atoms with Gasteiger partial charge >= 0.3 is 18.0 Å². The number of amides is 1. The van der Waals surface area contributed by atoms with Crippen LogP contribution in [0.3, 0.4) is 0 Å². The third-order valence-electron chi connectivity index (χ3n) is 6.29. The number of ether oxygens (including phenoxy) is 1. The molecule has 2 aliphatic heterocycles. The number of benzene rings is 2. The maximum atomic E-state index is 13.4. The van der Waals surface area contributed by atoms with Gasteiger partial charge in [-0.2, -0.15) is 18.4 Å². The van der Waals surface area contributed by atoms with Crippen molar-refractivity contribution in [2.75, 3.05) is 6.54 Å². The molecule has 180 valence electrons. The monoisotopic (exact) mass is 504 g/mol. The van der Waals surface area contributed by atoms with Crippen LogP contribution in [0.4, 0.5) is 18.0 Å². The summed E-state index contributed by atoms with van der Waals surface area (Å²) in [5.41, 5.74) is -2.06. The molecule has 1 saturated heterocycles. The molecule has 2 bridgehead atoms. The van der Waals surface area contributed by atoms with Crippen molar-refractivity contribution >= 4 is 17.7 Å². The summed E-state index contributed by atoms with van der Waals surface area (Å²) >= 11 is 6.09. The van der Waals surface area contributed by atoms with E-state index in [1.165, 1.54) is 15.5 Å². The van der Waals surface area contributed by atoms with E-state index in [1.54, 1.807) is 24.3 Å². The van der Waals surface area contributed by atoms with Crippen LogP contribution in [0.1, 0.15) is 40.9 Å². The van der Waals surface area contributed by atoms with Crippen molar-refractivity contribution < 1.29 is 27.8 Å². The molecule has 0 aliphatic carbocycles. The van der Waals surface area contributed by atoms with Crippen LogP contribution in [0.25, 0.3) is 5.69 Å². The van der Waals surface area contributed by atoms with Gasteiger partial charge in [0.25, 0.3) is 0 Å². The predicted octanol–water partition coefficient (Wildman–Crippen LogP) is 4.53. The number of carbonyl (C=O) groups excluding carboxylic acids is 1. The molecule has 2 aromatic carbocycles. The number of imidazole rings is 1. The SMILES string of the molecule is N#Cc1ccc(-n2c(O)c3n(c2=O)[C@@H]2CC3N(C(=O)OCc3ccccc3Cl)C2)cc1C(F)(F)F. The minimum absolute atomic E-state index is 0.0718. The number of halogens is 4. The number of hydrogen-bond acceptors (Lipinski definition) is 5. The number of aromatic nitrogens is 2. The maximum absolute atomic E-state index is 13.4. The summed E-state index contributed by atoms with van der Waals surface area (Å²) in [4.78, 5) is 27.2. The van der Waals surface area contributed by atoms with E-state index < -0.39 is 47.0 Å². The largest absolute Gasteiger partial charge is 0.493 e. The first-order chi connectivity index (χ1) is 16.6. The molecule has 1 unspecified atom stereocenters. The quantitative estimate of drug-likeness (QED) is 0.565. The molecule has 5 rings (SSSR count). The Morgan fingerprint density at radius 2 is 2.00 bits per heavy atom. The molecule has 12 heteroatoms. The van der Waals surface area contributed by atoms with Gasteiger partial charge in [-0.05, 0) is 30.7 Å². The van der Waals surface area contributed by atoms with Crippen LogP contribution in [0.5, 0.6) is 5.88 Å². The summed E-state index contributed by atoms with van der Waals surface area (Å²) in [5, 5.41) is 20.3. The third kappa shape index (κ3) is 3.61. The fraction of sp³-hybridized carbons (Fsp3) is 0.261. The standard InChI is InChI=1S/C23H16ClF3N4O4/c24-17-4-2-1-3-13(17)11-35-22(34)29-10-15-8-18(29)19-20(32)31(21(33)30(15)19)14-6-5-12(9-28)16(7-14)23(25,26)27/h1-7,15,18,32H,8,10-11H2/t15-,18?/m1/s1. The minimum Gasteiger partial charge on any atom is -0.493 e. The molecule has 1 fully saturated rings. The van der Waals surface area contributed by atoms with E-state index in [2.05, 4.69) is 0 Å². The summed E-state index contributed by atoms with van der Waals surface area (Å²) in [6.45, 7) is 0.0706. The molecule has 0 radical (unpaired) electrons. The molecule has 1 amide bonds. The van der Waals surface area contributed by atoms with E-state index in [9.17, 15) is 27.9 Å². The zero-order chi connectivity index (χ0) is 25.1. The molecule has 0 spiro atoms.